The topological polar surface area (TPSA) is 41.3 Å². The molecule has 5 heteroatoms. The molecule has 3 rings (SSSR count). The number of likely N-dealkylation sites (N-methyl/N-ethyl adjacent to an activating group) is 1. The monoisotopic (exact) mass is 277 g/mol. The second-order valence-electron chi connectivity index (χ2n) is 5.03. The highest BCUT2D eigenvalue weighted by atomic mass is 32.1. The second kappa shape index (κ2) is 5.75. The van der Waals surface area contributed by atoms with Gasteiger partial charge >= 0.3 is 0 Å². The Morgan fingerprint density at radius 1 is 1.53 bits per heavy atom. The quantitative estimate of drug-likeness (QED) is 0.845. The van der Waals surface area contributed by atoms with Crippen molar-refractivity contribution in [2.75, 3.05) is 18.5 Å². The predicted molar refractivity (Wildman–Crippen MR) is 77.7 cm³/mol. The van der Waals surface area contributed by atoms with Crippen molar-refractivity contribution in [1.82, 2.24) is 10.3 Å². The Balaban J connectivity index is 1.49. The summed E-state index contributed by atoms with van der Waals surface area (Å²) in [4.78, 5) is 7.98. The minimum atomic E-state index is 0.705. The molecule has 19 heavy (non-hydrogen) atoms. The maximum Gasteiger partial charge on any atom is 0.297 e. The molecule has 2 aromatic heterocycles. The lowest BCUT2D eigenvalue weighted by molar-refractivity contribution is 0.543. The number of hydrogen-bond donors (Lipinski definition) is 1. The fourth-order valence-electron chi connectivity index (χ4n) is 1.92. The molecule has 0 spiro atoms. The van der Waals surface area contributed by atoms with E-state index in [2.05, 4.69) is 32.7 Å². The molecule has 1 fully saturated rings. The average Bonchev–Trinajstić information content (AvgIpc) is 2.94. The van der Waals surface area contributed by atoms with Gasteiger partial charge < -0.3 is 14.6 Å². The molecule has 0 bridgehead atoms. The van der Waals surface area contributed by atoms with Crippen LogP contribution in [-0.4, -0.2) is 24.6 Å². The van der Waals surface area contributed by atoms with Crippen LogP contribution in [0.15, 0.2) is 28.2 Å². The van der Waals surface area contributed by atoms with E-state index in [1.807, 2.05) is 7.05 Å². The van der Waals surface area contributed by atoms with Crippen molar-refractivity contribution in [1.29, 1.82) is 0 Å². The number of anilines is 1. The fourth-order valence-corrected chi connectivity index (χ4v) is 2.62. The minimum absolute atomic E-state index is 0.705. The molecule has 2 heterocycles. The van der Waals surface area contributed by atoms with Crippen LogP contribution >= 0.6 is 11.3 Å². The molecule has 0 unspecified atom stereocenters. The maximum atomic E-state index is 5.53. The van der Waals surface area contributed by atoms with E-state index < -0.39 is 0 Å². The van der Waals surface area contributed by atoms with Crippen molar-refractivity contribution in [3.8, 4) is 0 Å². The lowest BCUT2D eigenvalue weighted by atomic mass is 10.3. The zero-order valence-corrected chi connectivity index (χ0v) is 11.9. The van der Waals surface area contributed by atoms with Crippen LogP contribution in [0.4, 0.5) is 6.01 Å². The minimum Gasteiger partial charge on any atom is -0.432 e. The van der Waals surface area contributed by atoms with E-state index in [0.29, 0.717) is 12.1 Å². The van der Waals surface area contributed by atoms with Crippen molar-refractivity contribution in [3.05, 3.63) is 34.3 Å². The Bertz CT molecular complexity index is 505. The molecule has 0 atom stereocenters. The SMILES string of the molecule is CN(CCc1cccs1)c1nc(CNC2CC2)co1. The number of nitrogens with one attached hydrogen (secondary N) is 1. The molecule has 0 saturated heterocycles. The van der Waals surface area contributed by atoms with Crippen molar-refractivity contribution < 1.29 is 4.42 Å². The lowest BCUT2D eigenvalue weighted by Crippen LogP contribution is -2.20. The highest BCUT2D eigenvalue weighted by Crippen LogP contribution is 2.20. The number of hydrogen-bond acceptors (Lipinski definition) is 5. The third kappa shape index (κ3) is 3.58. The molecule has 1 saturated carbocycles. The van der Waals surface area contributed by atoms with Gasteiger partial charge in [-0.25, -0.2) is 0 Å². The smallest absolute Gasteiger partial charge is 0.297 e. The number of rotatable bonds is 7. The van der Waals surface area contributed by atoms with Gasteiger partial charge in [0.1, 0.15) is 6.26 Å². The van der Waals surface area contributed by atoms with Gasteiger partial charge in [-0.1, -0.05) is 6.07 Å². The summed E-state index contributed by atoms with van der Waals surface area (Å²) in [5, 5.41) is 5.55. The van der Waals surface area contributed by atoms with Crippen LogP contribution in [0.2, 0.25) is 0 Å². The zero-order valence-electron chi connectivity index (χ0n) is 11.1. The Morgan fingerprint density at radius 2 is 2.42 bits per heavy atom. The first-order chi connectivity index (χ1) is 9.31. The van der Waals surface area contributed by atoms with Crippen molar-refractivity contribution in [2.24, 2.45) is 0 Å². The Labute approximate surface area is 117 Å². The molecule has 102 valence electrons. The van der Waals surface area contributed by atoms with Gasteiger partial charge in [-0.15, -0.1) is 11.3 Å². The van der Waals surface area contributed by atoms with Gasteiger partial charge in [0.05, 0.1) is 5.69 Å². The first-order valence-corrected chi connectivity index (χ1v) is 7.60. The fraction of sp³-hybridized carbons (Fsp3) is 0.500. The summed E-state index contributed by atoms with van der Waals surface area (Å²) in [5.74, 6) is 0. The van der Waals surface area contributed by atoms with Gasteiger partial charge in [-0.3, -0.25) is 0 Å². The number of nitrogens with zero attached hydrogens (tertiary/aromatic N) is 2. The summed E-state index contributed by atoms with van der Waals surface area (Å²) in [6.07, 6.45) is 5.38. The second-order valence-corrected chi connectivity index (χ2v) is 6.06. The number of thiophene rings is 1. The van der Waals surface area contributed by atoms with Crippen molar-refractivity contribution >= 4 is 17.4 Å². The van der Waals surface area contributed by atoms with Gasteiger partial charge in [-0.2, -0.15) is 4.98 Å². The summed E-state index contributed by atoms with van der Waals surface area (Å²) in [7, 11) is 2.03. The van der Waals surface area contributed by atoms with Crippen LogP contribution in [0.1, 0.15) is 23.4 Å². The standard InChI is InChI=1S/C14H19N3OS/c1-17(7-6-13-3-2-8-19-13)14-16-12(10-18-14)9-15-11-4-5-11/h2-3,8,10-11,15H,4-7,9H2,1H3. The van der Waals surface area contributed by atoms with Gasteiger partial charge in [0.15, 0.2) is 0 Å². The summed E-state index contributed by atoms with van der Waals surface area (Å²) in [5.41, 5.74) is 0.991. The maximum absolute atomic E-state index is 5.53. The van der Waals surface area contributed by atoms with Gasteiger partial charge in [-0.05, 0) is 30.7 Å². The van der Waals surface area contributed by atoms with Crippen molar-refractivity contribution in [2.45, 2.75) is 31.8 Å². The Morgan fingerprint density at radius 3 is 3.16 bits per heavy atom. The third-order valence-electron chi connectivity index (χ3n) is 3.29. The average molecular weight is 277 g/mol. The molecule has 1 aliphatic rings. The van der Waals surface area contributed by atoms with Gasteiger partial charge in [0, 0.05) is 31.1 Å². The molecule has 1 N–H and O–H groups in total. The summed E-state index contributed by atoms with van der Waals surface area (Å²) < 4.78 is 5.53. The van der Waals surface area contributed by atoms with E-state index in [4.69, 9.17) is 4.42 Å². The molecule has 1 aliphatic carbocycles. The first-order valence-electron chi connectivity index (χ1n) is 6.72. The van der Waals surface area contributed by atoms with E-state index >= 15 is 0 Å². The van der Waals surface area contributed by atoms with Crippen LogP contribution in [0.5, 0.6) is 0 Å². The number of aromatic nitrogens is 1. The molecule has 4 nitrogen and oxygen atoms in total. The molecule has 0 aliphatic heterocycles. The predicted octanol–water partition coefficient (Wildman–Crippen LogP) is 2.67. The highest BCUT2D eigenvalue weighted by molar-refractivity contribution is 7.09. The van der Waals surface area contributed by atoms with Crippen LogP contribution < -0.4 is 10.2 Å². The normalized spacial score (nSPS) is 14.8. The summed E-state index contributed by atoms with van der Waals surface area (Å²) in [6.45, 7) is 1.74. The van der Waals surface area contributed by atoms with Gasteiger partial charge in [0.2, 0.25) is 0 Å². The van der Waals surface area contributed by atoms with Crippen LogP contribution in [0.25, 0.3) is 0 Å². The van der Waals surface area contributed by atoms with E-state index in [-0.39, 0.29) is 0 Å². The Kier molecular flexibility index (Phi) is 3.84. The highest BCUT2D eigenvalue weighted by Gasteiger charge is 2.20. The van der Waals surface area contributed by atoms with Crippen molar-refractivity contribution in [3.63, 3.8) is 0 Å². The molecule has 0 aromatic carbocycles. The first kappa shape index (κ1) is 12.7. The molecular formula is C14H19N3OS. The summed E-state index contributed by atoms with van der Waals surface area (Å²) >= 11 is 1.80. The summed E-state index contributed by atoms with van der Waals surface area (Å²) in [6, 6.07) is 5.67. The molecule has 0 amide bonds. The zero-order chi connectivity index (χ0) is 13.1. The van der Waals surface area contributed by atoms with E-state index in [0.717, 1.165) is 25.2 Å². The molecule has 0 radical (unpaired) electrons. The van der Waals surface area contributed by atoms with Crippen LogP contribution in [-0.2, 0) is 13.0 Å². The largest absolute Gasteiger partial charge is 0.432 e. The Hall–Kier alpha value is -1.33. The van der Waals surface area contributed by atoms with Crippen LogP contribution in [0, 0.1) is 0 Å². The van der Waals surface area contributed by atoms with Crippen LogP contribution in [0.3, 0.4) is 0 Å². The lowest BCUT2D eigenvalue weighted by Gasteiger charge is -2.13. The third-order valence-corrected chi connectivity index (χ3v) is 4.23. The molecule has 2 aromatic rings. The number of oxazole rings is 1. The molecular weight excluding hydrogens is 258 g/mol. The van der Waals surface area contributed by atoms with E-state index in [9.17, 15) is 0 Å². The van der Waals surface area contributed by atoms with E-state index in [1.165, 1.54) is 17.7 Å². The van der Waals surface area contributed by atoms with E-state index in [1.54, 1.807) is 17.6 Å². The van der Waals surface area contributed by atoms with Gasteiger partial charge in [0.25, 0.3) is 6.01 Å².